The number of halogens is 3. The van der Waals surface area contributed by atoms with Crippen LogP contribution < -0.4 is 5.56 Å². The van der Waals surface area contributed by atoms with Crippen molar-refractivity contribution in [2.45, 2.75) is 6.18 Å². The quantitative estimate of drug-likeness (QED) is 0.649. The average Bonchev–Trinajstić information content (AvgIpc) is 2.67. The molecular weight excluding hydrogens is 355 g/mol. The molecule has 4 nitrogen and oxygen atoms in total. The summed E-state index contributed by atoms with van der Waals surface area (Å²) in [6, 6.07) is 19.0. The molecule has 0 aliphatic rings. The van der Waals surface area contributed by atoms with Crippen LogP contribution in [0, 0.1) is 11.3 Å². The van der Waals surface area contributed by atoms with Gasteiger partial charge in [0.1, 0.15) is 11.6 Å². The average molecular weight is 367 g/mol. The van der Waals surface area contributed by atoms with E-state index in [0.29, 0.717) is 11.1 Å². The van der Waals surface area contributed by atoms with Crippen molar-refractivity contribution in [2.24, 2.45) is 5.10 Å². The molecule has 0 bridgehead atoms. The van der Waals surface area contributed by atoms with E-state index in [-0.39, 0.29) is 5.69 Å². The van der Waals surface area contributed by atoms with Crippen molar-refractivity contribution in [3.05, 3.63) is 93.8 Å². The summed E-state index contributed by atoms with van der Waals surface area (Å²) < 4.78 is 40.9. The second kappa shape index (κ2) is 7.30. The minimum Gasteiger partial charge on any atom is -0.266 e. The Morgan fingerprint density at radius 1 is 1.00 bits per heavy atom. The third kappa shape index (κ3) is 3.80. The highest BCUT2D eigenvalue weighted by Crippen LogP contribution is 2.33. The van der Waals surface area contributed by atoms with Crippen LogP contribution in [0.1, 0.15) is 16.7 Å². The second-order valence-corrected chi connectivity index (χ2v) is 5.57. The van der Waals surface area contributed by atoms with Gasteiger partial charge in [-0.3, -0.25) is 4.79 Å². The monoisotopic (exact) mass is 367 g/mol. The number of aromatic nitrogens is 1. The van der Waals surface area contributed by atoms with Crippen LogP contribution in [0.5, 0.6) is 0 Å². The van der Waals surface area contributed by atoms with Crippen molar-refractivity contribution in [1.82, 2.24) is 4.68 Å². The van der Waals surface area contributed by atoms with Crippen molar-refractivity contribution < 1.29 is 13.2 Å². The maximum absolute atomic E-state index is 13.4. The normalized spacial score (nSPS) is 11.5. The molecule has 134 valence electrons. The van der Waals surface area contributed by atoms with Gasteiger partial charge in [0, 0.05) is 5.56 Å². The molecule has 3 aromatic rings. The zero-order valence-electron chi connectivity index (χ0n) is 13.8. The molecular formula is C20H12F3N3O. The summed E-state index contributed by atoms with van der Waals surface area (Å²) in [4.78, 5) is 12.6. The van der Waals surface area contributed by atoms with Gasteiger partial charge in [0.2, 0.25) is 0 Å². The smallest absolute Gasteiger partial charge is 0.266 e. The van der Waals surface area contributed by atoms with Gasteiger partial charge < -0.3 is 0 Å². The first-order chi connectivity index (χ1) is 12.9. The first kappa shape index (κ1) is 18.1. The summed E-state index contributed by atoms with van der Waals surface area (Å²) in [6.45, 7) is 0. The molecule has 0 aliphatic carbocycles. The van der Waals surface area contributed by atoms with Crippen LogP contribution in [0.15, 0.2) is 76.6 Å². The fourth-order valence-corrected chi connectivity index (χ4v) is 2.52. The molecule has 0 saturated carbocycles. The van der Waals surface area contributed by atoms with Crippen LogP contribution >= 0.6 is 0 Å². The molecule has 0 spiro atoms. The number of hydrogen-bond acceptors (Lipinski definition) is 3. The Bertz CT molecular complexity index is 1080. The molecule has 0 amide bonds. The number of nitrogens with zero attached hydrogens (tertiary/aromatic N) is 3. The van der Waals surface area contributed by atoms with Gasteiger partial charge in [-0.05, 0) is 11.6 Å². The largest absolute Gasteiger partial charge is 0.417 e. The van der Waals surface area contributed by atoms with Gasteiger partial charge in [-0.25, -0.2) is 0 Å². The first-order valence-corrected chi connectivity index (χ1v) is 7.84. The van der Waals surface area contributed by atoms with Crippen molar-refractivity contribution in [3.63, 3.8) is 0 Å². The minimum absolute atomic E-state index is 0.0564. The summed E-state index contributed by atoms with van der Waals surface area (Å²) >= 11 is 0. The molecule has 7 heteroatoms. The second-order valence-electron chi connectivity index (χ2n) is 5.57. The Morgan fingerprint density at radius 3 is 2.15 bits per heavy atom. The first-order valence-electron chi connectivity index (χ1n) is 7.84. The highest BCUT2D eigenvalue weighted by Gasteiger charge is 2.36. The van der Waals surface area contributed by atoms with Gasteiger partial charge in [-0.15, -0.1) is 0 Å². The lowest BCUT2D eigenvalue weighted by atomic mass is 10.0. The molecule has 0 N–H and O–H groups in total. The van der Waals surface area contributed by atoms with Crippen molar-refractivity contribution in [2.75, 3.05) is 0 Å². The van der Waals surface area contributed by atoms with E-state index in [4.69, 9.17) is 5.26 Å². The summed E-state index contributed by atoms with van der Waals surface area (Å²) in [7, 11) is 0. The van der Waals surface area contributed by atoms with Crippen LogP contribution in [0.4, 0.5) is 13.2 Å². The molecule has 2 aromatic carbocycles. The predicted octanol–water partition coefficient (Wildman–Crippen LogP) is 4.29. The Hall–Kier alpha value is -3.66. The van der Waals surface area contributed by atoms with Crippen molar-refractivity contribution in [3.8, 4) is 17.3 Å². The Labute approximate surface area is 152 Å². The molecule has 0 radical (unpaired) electrons. The summed E-state index contributed by atoms with van der Waals surface area (Å²) in [5, 5.41) is 13.2. The van der Waals surface area contributed by atoms with Crippen molar-refractivity contribution >= 4 is 6.21 Å². The van der Waals surface area contributed by atoms with Gasteiger partial charge >= 0.3 is 6.18 Å². The lowest BCUT2D eigenvalue weighted by Gasteiger charge is -2.14. The number of benzene rings is 2. The lowest BCUT2D eigenvalue weighted by Crippen LogP contribution is -2.26. The molecule has 1 heterocycles. The highest BCUT2D eigenvalue weighted by molar-refractivity contribution is 5.79. The minimum atomic E-state index is -4.84. The number of hydrogen-bond donors (Lipinski definition) is 0. The fourth-order valence-electron chi connectivity index (χ4n) is 2.52. The van der Waals surface area contributed by atoms with E-state index in [1.807, 2.05) is 0 Å². The summed E-state index contributed by atoms with van der Waals surface area (Å²) in [6.07, 6.45) is -3.49. The Morgan fingerprint density at radius 2 is 1.59 bits per heavy atom. The maximum atomic E-state index is 13.4. The van der Waals surface area contributed by atoms with Gasteiger partial charge in [-0.1, -0.05) is 60.7 Å². The SMILES string of the molecule is N#Cc1c(C(F)(F)F)cc(-c2ccccc2)n(/N=C/c2ccccc2)c1=O. The van der Waals surface area contributed by atoms with Gasteiger partial charge in [0.05, 0.1) is 17.5 Å². The van der Waals surface area contributed by atoms with Gasteiger partial charge in [-0.2, -0.15) is 28.2 Å². The number of pyridine rings is 1. The van der Waals surface area contributed by atoms with Crippen LogP contribution in [-0.2, 0) is 6.18 Å². The standard InChI is InChI=1S/C20H12F3N3O/c21-20(22,23)17-11-18(15-9-5-2-6-10-15)26(19(27)16(17)12-24)25-13-14-7-3-1-4-8-14/h1-11,13H/b25-13+. The zero-order chi connectivity index (χ0) is 19.4. The van der Waals surface area contributed by atoms with E-state index < -0.39 is 22.9 Å². The van der Waals surface area contributed by atoms with Gasteiger partial charge in [0.25, 0.3) is 5.56 Å². The molecule has 0 atom stereocenters. The zero-order valence-corrected chi connectivity index (χ0v) is 13.8. The van der Waals surface area contributed by atoms with E-state index in [2.05, 4.69) is 5.10 Å². The topological polar surface area (TPSA) is 58.1 Å². The van der Waals surface area contributed by atoms with Gasteiger partial charge in [0.15, 0.2) is 0 Å². The molecule has 0 aliphatic heterocycles. The molecule has 1 aromatic heterocycles. The maximum Gasteiger partial charge on any atom is 0.417 e. The van der Waals surface area contributed by atoms with E-state index in [1.54, 1.807) is 60.7 Å². The molecule has 0 fully saturated rings. The third-order valence-electron chi connectivity index (χ3n) is 3.79. The van der Waals surface area contributed by atoms with E-state index >= 15 is 0 Å². The number of rotatable bonds is 3. The molecule has 0 saturated heterocycles. The van der Waals surface area contributed by atoms with E-state index in [1.165, 1.54) is 12.3 Å². The predicted molar refractivity (Wildman–Crippen MR) is 95.3 cm³/mol. The van der Waals surface area contributed by atoms with Crippen LogP contribution in [0.2, 0.25) is 0 Å². The molecule has 3 rings (SSSR count). The van der Waals surface area contributed by atoms with E-state index in [9.17, 15) is 18.0 Å². The molecule has 27 heavy (non-hydrogen) atoms. The summed E-state index contributed by atoms with van der Waals surface area (Å²) in [5.41, 5.74) is -2.43. The Kier molecular flexibility index (Phi) is 4.90. The van der Waals surface area contributed by atoms with Crippen molar-refractivity contribution in [1.29, 1.82) is 5.26 Å². The van der Waals surface area contributed by atoms with Crippen LogP contribution in [0.25, 0.3) is 11.3 Å². The number of alkyl halides is 3. The number of nitriles is 1. The fraction of sp³-hybridized carbons (Fsp3) is 0.0500. The third-order valence-corrected chi connectivity index (χ3v) is 3.79. The van der Waals surface area contributed by atoms with E-state index in [0.717, 1.165) is 10.7 Å². The summed E-state index contributed by atoms with van der Waals surface area (Å²) in [5.74, 6) is 0. The highest BCUT2D eigenvalue weighted by atomic mass is 19.4. The lowest BCUT2D eigenvalue weighted by molar-refractivity contribution is -0.137. The van der Waals surface area contributed by atoms with Crippen LogP contribution in [-0.4, -0.2) is 10.9 Å². The Balaban J connectivity index is 2.29. The molecule has 0 unspecified atom stereocenters. The van der Waals surface area contributed by atoms with Crippen LogP contribution in [0.3, 0.4) is 0 Å².